The summed E-state index contributed by atoms with van der Waals surface area (Å²) < 4.78 is 0. The van der Waals surface area contributed by atoms with Crippen molar-refractivity contribution in [2.75, 3.05) is 17.7 Å². The number of anilines is 3. The molecule has 0 atom stereocenters. The molecule has 0 aliphatic carbocycles. The van der Waals surface area contributed by atoms with E-state index in [1.165, 1.54) is 12.1 Å². The molecule has 0 unspecified atom stereocenters. The summed E-state index contributed by atoms with van der Waals surface area (Å²) in [6, 6.07) is 6.51. The molecule has 21 heavy (non-hydrogen) atoms. The first kappa shape index (κ1) is 14.5. The standard InChI is InChI=1S/C12H9ClN6O2/c1-15-12-16-6-10(19(20)21)11(18-12)17-9-4-7(5-14)2-3-8(9)13/h2-4,6H,1H3,(H2,15,16,17,18). The Hall–Kier alpha value is -2.92. The predicted molar refractivity (Wildman–Crippen MR) is 77.7 cm³/mol. The molecule has 9 heteroatoms. The van der Waals surface area contributed by atoms with Gasteiger partial charge >= 0.3 is 5.69 Å². The molecular formula is C12H9ClN6O2. The molecule has 0 aliphatic rings. The van der Waals surface area contributed by atoms with Gasteiger partial charge in [-0.15, -0.1) is 0 Å². The van der Waals surface area contributed by atoms with Crippen LogP contribution >= 0.6 is 11.6 Å². The number of aromatic nitrogens is 2. The minimum Gasteiger partial charge on any atom is -0.357 e. The Balaban J connectivity index is 2.47. The average Bonchev–Trinajstić information content (AvgIpc) is 2.49. The number of hydrogen-bond donors (Lipinski definition) is 2. The molecule has 0 spiro atoms. The van der Waals surface area contributed by atoms with Crippen molar-refractivity contribution in [3.8, 4) is 6.07 Å². The lowest BCUT2D eigenvalue weighted by Gasteiger charge is -2.09. The van der Waals surface area contributed by atoms with Crippen LogP contribution in [0.1, 0.15) is 5.56 Å². The fourth-order valence-electron chi connectivity index (χ4n) is 1.54. The summed E-state index contributed by atoms with van der Waals surface area (Å²) in [7, 11) is 1.59. The number of nitrogens with zero attached hydrogens (tertiary/aromatic N) is 4. The number of nitrogens with one attached hydrogen (secondary N) is 2. The molecule has 2 N–H and O–H groups in total. The highest BCUT2D eigenvalue weighted by Gasteiger charge is 2.18. The van der Waals surface area contributed by atoms with E-state index >= 15 is 0 Å². The summed E-state index contributed by atoms with van der Waals surface area (Å²) in [6.45, 7) is 0. The highest BCUT2D eigenvalue weighted by molar-refractivity contribution is 6.33. The Kier molecular flexibility index (Phi) is 4.15. The molecule has 0 aliphatic heterocycles. The maximum atomic E-state index is 11.0. The molecule has 2 aromatic rings. The van der Waals surface area contributed by atoms with E-state index < -0.39 is 4.92 Å². The molecule has 106 valence electrons. The summed E-state index contributed by atoms with van der Waals surface area (Å²) >= 11 is 6.01. The Bertz CT molecular complexity index is 743. The van der Waals surface area contributed by atoms with Gasteiger partial charge in [-0.2, -0.15) is 10.2 Å². The van der Waals surface area contributed by atoms with E-state index in [9.17, 15) is 10.1 Å². The molecule has 0 fully saturated rings. The molecule has 0 amide bonds. The van der Waals surface area contributed by atoms with Gasteiger partial charge in [0.15, 0.2) is 0 Å². The molecule has 1 aromatic heterocycles. The van der Waals surface area contributed by atoms with Gasteiger partial charge in [0.1, 0.15) is 6.20 Å². The summed E-state index contributed by atoms with van der Waals surface area (Å²) in [6.07, 6.45) is 1.09. The molecule has 0 radical (unpaired) electrons. The lowest BCUT2D eigenvalue weighted by atomic mass is 10.2. The molecule has 1 aromatic carbocycles. The molecule has 8 nitrogen and oxygen atoms in total. The third kappa shape index (κ3) is 3.16. The number of hydrogen-bond acceptors (Lipinski definition) is 7. The molecule has 1 heterocycles. The van der Waals surface area contributed by atoms with E-state index in [0.29, 0.717) is 16.3 Å². The van der Waals surface area contributed by atoms with Crippen molar-refractivity contribution in [3.63, 3.8) is 0 Å². The second-order valence-electron chi connectivity index (χ2n) is 3.87. The Morgan fingerprint density at radius 3 is 2.86 bits per heavy atom. The van der Waals surface area contributed by atoms with Crippen LogP contribution in [0.25, 0.3) is 0 Å². The van der Waals surface area contributed by atoms with Gasteiger partial charge in [-0.25, -0.2) is 4.98 Å². The summed E-state index contributed by atoms with van der Waals surface area (Å²) in [5, 5.41) is 25.6. The molecule has 0 saturated heterocycles. The summed E-state index contributed by atoms with van der Waals surface area (Å²) in [5.41, 5.74) is 0.416. The smallest absolute Gasteiger partial charge is 0.329 e. The molecule has 0 bridgehead atoms. The van der Waals surface area contributed by atoms with Crippen molar-refractivity contribution < 1.29 is 4.92 Å². The number of rotatable bonds is 4. The van der Waals surface area contributed by atoms with Gasteiger partial charge in [0.05, 0.1) is 27.3 Å². The summed E-state index contributed by atoms with van der Waals surface area (Å²) in [4.78, 5) is 18.2. The van der Waals surface area contributed by atoms with Crippen molar-refractivity contribution in [2.24, 2.45) is 0 Å². The minimum absolute atomic E-state index is 0.0173. The highest BCUT2D eigenvalue weighted by Crippen LogP contribution is 2.30. The number of nitro groups is 1. The van der Waals surface area contributed by atoms with Gasteiger partial charge in [0.25, 0.3) is 0 Å². The number of halogens is 1. The Labute approximate surface area is 124 Å². The average molecular weight is 305 g/mol. The maximum Gasteiger partial charge on any atom is 0.329 e. The van der Waals surface area contributed by atoms with Crippen LogP contribution in [-0.2, 0) is 0 Å². The van der Waals surface area contributed by atoms with Gasteiger partial charge < -0.3 is 10.6 Å². The Morgan fingerprint density at radius 2 is 2.24 bits per heavy atom. The Morgan fingerprint density at radius 1 is 1.48 bits per heavy atom. The second kappa shape index (κ2) is 6.02. The van der Waals surface area contributed by atoms with Gasteiger partial charge in [0.2, 0.25) is 11.8 Å². The number of benzene rings is 1. The fourth-order valence-corrected chi connectivity index (χ4v) is 1.70. The van der Waals surface area contributed by atoms with Crippen LogP contribution in [-0.4, -0.2) is 21.9 Å². The van der Waals surface area contributed by atoms with Crippen LogP contribution in [0, 0.1) is 21.4 Å². The van der Waals surface area contributed by atoms with Crippen molar-refractivity contribution in [2.45, 2.75) is 0 Å². The van der Waals surface area contributed by atoms with Gasteiger partial charge in [-0.1, -0.05) is 11.6 Å². The third-order valence-corrected chi connectivity index (χ3v) is 2.87. The zero-order chi connectivity index (χ0) is 15.4. The van der Waals surface area contributed by atoms with Crippen LogP contribution in [0.4, 0.5) is 23.1 Å². The van der Waals surface area contributed by atoms with E-state index in [4.69, 9.17) is 16.9 Å². The fraction of sp³-hybridized carbons (Fsp3) is 0.0833. The van der Waals surface area contributed by atoms with E-state index in [0.717, 1.165) is 6.20 Å². The minimum atomic E-state index is -0.607. The van der Waals surface area contributed by atoms with Crippen LogP contribution in [0.15, 0.2) is 24.4 Å². The maximum absolute atomic E-state index is 11.0. The third-order valence-electron chi connectivity index (χ3n) is 2.54. The zero-order valence-electron chi connectivity index (χ0n) is 10.8. The van der Waals surface area contributed by atoms with Crippen molar-refractivity contribution in [3.05, 3.63) is 45.1 Å². The largest absolute Gasteiger partial charge is 0.357 e. The van der Waals surface area contributed by atoms with Gasteiger partial charge in [0, 0.05) is 7.05 Å². The normalized spacial score (nSPS) is 9.76. The summed E-state index contributed by atoms with van der Waals surface area (Å²) in [5.74, 6) is 0.201. The second-order valence-corrected chi connectivity index (χ2v) is 4.27. The number of nitriles is 1. The van der Waals surface area contributed by atoms with E-state index in [1.54, 1.807) is 13.1 Å². The SMILES string of the molecule is CNc1ncc([N+](=O)[O-])c(Nc2cc(C#N)ccc2Cl)n1. The zero-order valence-corrected chi connectivity index (χ0v) is 11.5. The van der Waals surface area contributed by atoms with Crippen LogP contribution in [0.5, 0.6) is 0 Å². The van der Waals surface area contributed by atoms with E-state index in [2.05, 4.69) is 20.6 Å². The van der Waals surface area contributed by atoms with Crippen molar-refractivity contribution in [1.82, 2.24) is 9.97 Å². The first-order chi connectivity index (χ1) is 10.0. The lowest BCUT2D eigenvalue weighted by Crippen LogP contribution is -2.04. The molecular weight excluding hydrogens is 296 g/mol. The van der Waals surface area contributed by atoms with E-state index in [1.807, 2.05) is 6.07 Å². The molecule has 2 rings (SSSR count). The first-order valence-corrected chi connectivity index (χ1v) is 6.09. The van der Waals surface area contributed by atoms with Gasteiger partial charge in [-0.05, 0) is 18.2 Å². The quantitative estimate of drug-likeness (QED) is 0.658. The highest BCUT2D eigenvalue weighted by atomic mass is 35.5. The topological polar surface area (TPSA) is 117 Å². The van der Waals surface area contributed by atoms with E-state index in [-0.39, 0.29) is 17.5 Å². The van der Waals surface area contributed by atoms with Crippen LogP contribution in [0.2, 0.25) is 5.02 Å². The predicted octanol–water partition coefficient (Wildman–Crippen LogP) is 2.70. The van der Waals surface area contributed by atoms with Crippen LogP contribution < -0.4 is 10.6 Å². The van der Waals surface area contributed by atoms with Crippen LogP contribution in [0.3, 0.4) is 0 Å². The van der Waals surface area contributed by atoms with Gasteiger partial charge in [-0.3, -0.25) is 10.1 Å². The monoisotopic (exact) mass is 304 g/mol. The van der Waals surface area contributed by atoms with Crippen molar-refractivity contribution in [1.29, 1.82) is 5.26 Å². The first-order valence-electron chi connectivity index (χ1n) is 5.71. The molecule has 0 saturated carbocycles. The van der Waals surface area contributed by atoms with Crippen molar-refractivity contribution >= 4 is 34.7 Å². The lowest BCUT2D eigenvalue weighted by molar-refractivity contribution is -0.384.